The van der Waals surface area contributed by atoms with Gasteiger partial charge in [-0.15, -0.1) is 11.3 Å². The fourth-order valence-electron chi connectivity index (χ4n) is 0.961. The summed E-state index contributed by atoms with van der Waals surface area (Å²) < 4.78 is 0. The molecule has 0 aliphatic carbocycles. The standard InChI is InChI=1S/C7H9N5O2S/c8-12-11-2-1-9-5(7(13)14)6-10-3-4-15-6/h3-5,9H,1-2H2,(H,13,14). The molecular weight excluding hydrogens is 218 g/mol. The van der Waals surface area contributed by atoms with E-state index in [1.54, 1.807) is 11.6 Å². The number of azide groups is 1. The number of nitrogens with zero attached hydrogens (tertiary/aromatic N) is 4. The average Bonchev–Trinajstić information content (AvgIpc) is 2.70. The van der Waals surface area contributed by atoms with Crippen LogP contribution < -0.4 is 5.32 Å². The Morgan fingerprint density at radius 2 is 2.67 bits per heavy atom. The fourth-order valence-corrected chi connectivity index (χ4v) is 1.66. The minimum absolute atomic E-state index is 0.214. The summed E-state index contributed by atoms with van der Waals surface area (Å²) in [6.45, 7) is 0.520. The molecule has 1 atom stereocenters. The lowest BCUT2D eigenvalue weighted by molar-refractivity contribution is -0.139. The largest absolute Gasteiger partial charge is 0.480 e. The zero-order valence-corrected chi connectivity index (χ0v) is 8.52. The molecule has 0 radical (unpaired) electrons. The highest BCUT2D eigenvalue weighted by Crippen LogP contribution is 2.15. The van der Waals surface area contributed by atoms with E-state index < -0.39 is 12.0 Å². The predicted octanol–water partition coefficient (Wildman–Crippen LogP) is 1.17. The predicted molar refractivity (Wildman–Crippen MR) is 54.5 cm³/mol. The third kappa shape index (κ3) is 3.55. The topological polar surface area (TPSA) is 111 Å². The van der Waals surface area contributed by atoms with Gasteiger partial charge in [-0.2, -0.15) is 0 Å². The molecule has 2 N–H and O–H groups in total. The summed E-state index contributed by atoms with van der Waals surface area (Å²) in [4.78, 5) is 17.3. The van der Waals surface area contributed by atoms with Crippen LogP contribution in [0.15, 0.2) is 16.7 Å². The Bertz CT molecular complexity index is 359. The molecule has 15 heavy (non-hydrogen) atoms. The summed E-state index contributed by atoms with van der Waals surface area (Å²) in [5, 5.41) is 17.1. The third-order valence-electron chi connectivity index (χ3n) is 1.57. The molecule has 1 aromatic heterocycles. The van der Waals surface area contributed by atoms with Gasteiger partial charge in [0, 0.05) is 29.6 Å². The monoisotopic (exact) mass is 227 g/mol. The van der Waals surface area contributed by atoms with Gasteiger partial charge in [0.25, 0.3) is 0 Å². The lowest BCUT2D eigenvalue weighted by atomic mass is 10.3. The van der Waals surface area contributed by atoms with E-state index in [0.717, 1.165) is 0 Å². The molecule has 0 saturated heterocycles. The number of carbonyl (C=O) groups is 1. The van der Waals surface area contributed by atoms with Crippen molar-refractivity contribution in [2.24, 2.45) is 5.11 Å². The van der Waals surface area contributed by atoms with Crippen LogP contribution in [0.4, 0.5) is 0 Å². The van der Waals surface area contributed by atoms with E-state index in [2.05, 4.69) is 20.3 Å². The smallest absolute Gasteiger partial charge is 0.327 e. The highest BCUT2D eigenvalue weighted by atomic mass is 32.1. The number of rotatable bonds is 6. The molecule has 1 aromatic rings. The molecule has 8 heteroatoms. The maximum absolute atomic E-state index is 10.9. The third-order valence-corrected chi connectivity index (χ3v) is 2.41. The van der Waals surface area contributed by atoms with Crippen LogP contribution in [-0.4, -0.2) is 29.1 Å². The summed E-state index contributed by atoms with van der Waals surface area (Å²) in [7, 11) is 0. The second kappa shape index (κ2) is 5.97. The quantitative estimate of drug-likeness (QED) is 0.329. The molecule has 1 rings (SSSR count). The molecule has 0 saturated carbocycles. The van der Waals surface area contributed by atoms with Gasteiger partial charge < -0.3 is 5.11 Å². The second-order valence-corrected chi connectivity index (χ2v) is 3.48. The summed E-state index contributed by atoms with van der Waals surface area (Å²) in [6.07, 6.45) is 1.55. The first-order valence-corrected chi connectivity index (χ1v) is 5.00. The van der Waals surface area contributed by atoms with Crippen LogP contribution in [0.1, 0.15) is 11.0 Å². The zero-order valence-electron chi connectivity index (χ0n) is 7.70. The summed E-state index contributed by atoms with van der Waals surface area (Å²) >= 11 is 1.27. The molecule has 0 spiro atoms. The molecule has 0 fully saturated rings. The van der Waals surface area contributed by atoms with Gasteiger partial charge in [-0.25, -0.2) is 4.98 Å². The van der Waals surface area contributed by atoms with Gasteiger partial charge >= 0.3 is 5.97 Å². The summed E-state index contributed by atoms with van der Waals surface area (Å²) in [5.41, 5.74) is 8.03. The average molecular weight is 227 g/mol. The van der Waals surface area contributed by atoms with Crippen molar-refractivity contribution >= 4 is 17.3 Å². The van der Waals surface area contributed by atoms with E-state index in [0.29, 0.717) is 11.6 Å². The normalized spacial score (nSPS) is 11.7. The van der Waals surface area contributed by atoms with E-state index >= 15 is 0 Å². The van der Waals surface area contributed by atoms with Crippen molar-refractivity contribution in [3.63, 3.8) is 0 Å². The van der Waals surface area contributed by atoms with Crippen LogP contribution in [0.2, 0.25) is 0 Å². The van der Waals surface area contributed by atoms with Gasteiger partial charge in [-0.3, -0.25) is 10.1 Å². The fraction of sp³-hybridized carbons (Fsp3) is 0.429. The van der Waals surface area contributed by atoms with Crippen molar-refractivity contribution in [1.29, 1.82) is 0 Å². The maximum atomic E-state index is 10.9. The lowest BCUT2D eigenvalue weighted by Gasteiger charge is -2.10. The van der Waals surface area contributed by atoms with Crippen LogP contribution in [0.5, 0.6) is 0 Å². The van der Waals surface area contributed by atoms with Crippen molar-refractivity contribution in [1.82, 2.24) is 10.3 Å². The number of carboxylic acids is 1. The molecule has 0 bridgehead atoms. The van der Waals surface area contributed by atoms with Gasteiger partial charge in [-0.05, 0) is 5.53 Å². The summed E-state index contributed by atoms with van der Waals surface area (Å²) in [5.74, 6) is -0.995. The molecule has 0 amide bonds. The Hall–Kier alpha value is -1.63. The first-order valence-electron chi connectivity index (χ1n) is 4.12. The van der Waals surface area contributed by atoms with Gasteiger partial charge in [0.2, 0.25) is 0 Å². The van der Waals surface area contributed by atoms with Crippen LogP contribution in [-0.2, 0) is 4.79 Å². The lowest BCUT2D eigenvalue weighted by Crippen LogP contribution is -2.30. The van der Waals surface area contributed by atoms with E-state index in [1.165, 1.54) is 11.3 Å². The zero-order chi connectivity index (χ0) is 11.1. The first-order chi connectivity index (χ1) is 7.25. The number of aromatic nitrogens is 1. The SMILES string of the molecule is [N-]=[N+]=NCCNC(C(=O)O)c1nccs1. The maximum Gasteiger partial charge on any atom is 0.327 e. The van der Waals surface area contributed by atoms with Crippen LogP contribution in [0.3, 0.4) is 0 Å². The molecule has 1 unspecified atom stereocenters. The molecule has 80 valence electrons. The van der Waals surface area contributed by atoms with Crippen molar-refractivity contribution < 1.29 is 9.90 Å². The molecule has 7 nitrogen and oxygen atoms in total. The molecular formula is C7H9N5O2S. The van der Waals surface area contributed by atoms with Crippen molar-refractivity contribution in [3.05, 3.63) is 27.0 Å². The van der Waals surface area contributed by atoms with Crippen LogP contribution in [0.25, 0.3) is 10.4 Å². The number of hydrogen-bond donors (Lipinski definition) is 2. The highest BCUT2D eigenvalue weighted by molar-refractivity contribution is 7.09. The van der Waals surface area contributed by atoms with Crippen molar-refractivity contribution in [2.45, 2.75) is 6.04 Å². The number of aliphatic carboxylic acids is 1. The van der Waals surface area contributed by atoms with E-state index in [4.69, 9.17) is 10.6 Å². The molecule has 0 aliphatic heterocycles. The van der Waals surface area contributed by atoms with Crippen LogP contribution in [0, 0.1) is 0 Å². The Labute approximate surface area is 89.4 Å². The number of carboxylic acid groups (broad SMARTS) is 1. The van der Waals surface area contributed by atoms with Crippen LogP contribution >= 0.6 is 11.3 Å². The molecule has 0 aliphatic rings. The molecule has 0 aromatic carbocycles. The van der Waals surface area contributed by atoms with Gasteiger partial charge in [-0.1, -0.05) is 5.11 Å². The second-order valence-electron chi connectivity index (χ2n) is 2.55. The Balaban J connectivity index is 2.52. The highest BCUT2D eigenvalue weighted by Gasteiger charge is 2.20. The van der Waals surface area contributed by atoms with Gasteiger partial charge in [0.05, 0.1) is 0 Å². The summed E-state index contributed by atoms with van der Waals surface area (Å²) in [6, 6.07) is -0.834. The minimum atomic E-state index is -0.995. The Morgan fingerprint density at radius 3 is 3.20 bits per heavy atom. The minimum Gasteiger partial charge on any atom is -0.480 e. The van der Waals surface area contributed by atoms with E-state index in [1.807, 2.05) is 0 Å². The van der Waals surface area contributed by atoms with Gasteiger partial charge in [0.15, 0.2) is 6.04 Å². The van der Waals surface area contributed by atoms with Crippen molar-refractivity contribution in [2.75, 3.05) is 13.1 Å². The van der Waals surface area contributed by atoms with Gasteiger partial charge in [0.1, 0.15) is 5.01 Å². The van der Waals surface area contributed by atoms with Crippen molar-refractivity contribution in [3.8, 4) is 0 Å². The number of hydrogen-bond acceptors (Lipinski definition) is 5. The number of nitrogens with one attached hydrogen (secondary N) is 1. The first kappa shape index (κ1) is 11.4. The van der Waals surface area contributed by atoms with E-state index in [-0.39, 0.29) is 6.54 Å². The Morgan fingerprint density at radius 1 is 1.87 bits per heavy atom. The molecule has 1 heterocycles. The van der Waals surface area contributed by atoms with E-state index in [9.17, 15) is 4.79 Å². The Kier molecular flexibility index (Phi) is 4.55. The number of thiazole rings is 1.